The van der Waals surface area contributed by atoms with Gasteiger partial charge in [0.05, 0.1) is 0 Å². The molecule has 0 amide bonds. The molecule has 0 saturated heterocycles. The second-order valence-corrected chi connectivity index (χ2v) is 15.3. The summed E-state index contributed by atoms with van der Waals surface area (Å²) in [7, 11) is 1.47. The molecule has 0 aliphatic carbocycles. The van der Waals surface area contributed by atoms with Crippen LogP contribution in [0.25, 0.3) is 0 Å². The van der Waals surface area contributed by atoms with Crippen molar-refractivity contribution in [3.63, 3.8) is 0 Å². The van der Waals surface area contributed by atoms with Gasteiger partial charge in [-0.25, -0.2) is 0 Å². The van der Waals surface area contributed by atoms with E-state index >= 15 is 0 Å². The molecule has 14 heavy (non-hydrogen) atoms. The minimum Gasteiger partial charge on any atom is -0.417 e. The van der Waals surface area contributed by atoms with E-state index in [9.17, 15) is 0 Å². The van der Waals surface area contributed by atoms with Crippen LogP contribution in [0.1, 0.15) is 20.8 Å². The minimum atomic E-state index is -2.08. The maximum atomic E-state index is 5.83. The van der Waals surface area contributed by atoms with Crippen molar-refractivity contribution in [1.82, 2.24) is 0 Å². The minimum absolute atomic E-state index is 0.974. The van der Waals surface area contributed by atoms with Crippen LogP contribution in [0, 0.1) is 0 Å². The predicted octanol–water partition coefficient (Wildman–Crippen LogP) is 2.45. The number of hydrogen-bond acceptors (Lipinski definition) is 3. The lowest BCUT2D eigenvalue weighted by atomic mass is 10.9. The Labute approximate surface area is 89.9 Å². The Bertz CT molecular complexity index is 122. The quantitative estimate of drug-likeness (QED) is 0.636. The summed E-state index contributed by atoms with van der Waals surface area (Å²) < 4.78 is 17.3. The molecule has 0 fully saturated rings. The molecule has 3 nitrogen and oxygen atoms in total. The second-order valence-electron chi connectivity index (χ2n) is 3.42. The largest absolute Gasteiger partial charge is 0.417 e. The Hall–Kier alpha value is 0.314. The molecule has 0 bridgehead atoms. The van der Waals surface area contributed by atoms with Gasteiger partial charge in [-0.2, -0.15) is 0 Å². The first-order valence-corrected chi connectivity index (χ1v) is 10.6. The molecule has 0 heterocycles. The van der Waals surface area contributed by atoms with Crippen LogP contribution in [0.3, 0.4) is 0 Å². The van der Waals surface area contributed by atoms with Gasteiger partial charge in [0.25, 0.3) is 0 Å². The number of rotatable bonds is 7. The first-order valence-electron chi connectivity index (χ1n) is 5.27. The van der Waals surface area contributed by atoms with Crippen LogP contribution >= 0.6 is 0 Å². The van der Waals surface area contributed by atoms with Crippen LogP contribution in [0.5, 0.6) is 0 Å². The molecule has 0 aromatic rings. The summed E-state index contributed by atoms with van der Waals surface area (Å²) in [5.41, 5.74) is 0. The highest BCUT2D eigenvalue weighted by Gasteiger charge is 2.57. The SMILES string of the molecule is CC[Si](CC)(OC)[Si](CC)(OC)OC. The van der Waals surface area contributed by atoms with Crippen molar-refractivity contribution in [3.05, 3.63) is 0 Å². The molecule has 0 atom stereocenters. The van der Waals surface area contributed by atoms with Crippen LogP contribution in [-0.4, -0.2) is 37.2 Å². The fourth-order valence-electron chi connectivity index (χ4n) is 2.30. The maximum absolute atomic E-state index is 5.83. The molecule has 0 spiro atoms. The zero-order chi connectivity index (χ0) is 11.2. The molecule has 0 aromatic heterocycles. The molecule has 0 radical (unpaired) electrons. The fourth-order valence-corrected chi connectivity index (χ4v) is 15.2. The van der Waals surface area contributed by atoms with Crippen molar-refractivity contribution >= 4 is 15.9 Å². The summed E-state index contributed by atoms with van der Waals surface area (Å²) in [6.45, 7) is 6.52. The summed E-state index contributed by atoms with van der Waals surface area (Å²) in [6.07, 6.45) is 0. The first kappa shape index (κ1) is 14.3. The van der Waals surface area contributed by atoms with Crippen molar-refractivity contribution in [3.8, 4) is 0 Å². The normalized spacial score (nSPS) is 13.3. The van der Waals surface area contributed by atoms with Gasteiger partial charge in [0.2, 0.25) is 7.83 Å². The van der Waals surface area contributed by atoms with Crippen molar-refractivity contribution in [2.45, 2.75) is 38.9 Å². The molecule has 0 aromatic carbocycles. The zero-order valence-electron chi connectivity index (χ0n) is 10.3. The van der Waals surface area contributed by atoms with Gasteiger partial charge < -0.3 is 13.3 Å². The van der Waals surface area contributed by atoms with Gasteiger partial charge >= 0.3 is 8.08 Å². The maximum Gasteiger partial charge on any atom is 0.348 e. The summed E-state index contributed by atoms with van der Waals surface area (Å²) >= 11 is 0. The molecule has 0 N–H and O–H groups in total. The Kier molecular flexibility index (Phi) is 6.15. The Morgan fingerprint density at radius 2 is 1.14 bits per heavy atom. The predicted molar refractivity (Wildman–Crippen MR) is 64.0 cm³/mol. The Morgan fingerprint density at radius 3 is 1.21 bits per heavy atom. The molecule has 0 aliphatic rings. The molecular weight excluding hydrogens is 212 g/mol. The Morgan fingerprint density at radius 1 is 0.714 bits per heavy atom. The van der Waals surface area contributed by atoms with E-state index < -0.39 is 15.9 Å². The van der Waals surface area contributed by atoms with Crippen LogP contribution in [0.4, 0.5) is 0 Å². The molecule has 5 heteroatoms. The molecule has 0 saturated carbocycles. The van der Waals surface area contributed by atoms with Crippen molar-refractivity contribution < 1.29 is 13.3 Å². The van der Waals surface area contributed by atoms with E-state index in [1.807, 2.05) is 7.11 Å². The summed E-state index contributed by atoms with van der Waals surface area (Å²) in [5.74, 6) is 0. The molecular formula is C9H24O3Si2. The van der Waals surface area contributed by atoms with E-state index in [-0.39, 0.29) is 0 Å². The van der Waals surface area contributed by atoms with Gasteiger partial charge in [0.1, 0.15) is 0 Å². The summed E-state index contributed by atoms with van der Waals surface area (Å²) in [6, 6.07) is 3.12. The lowest BCUT2D eigenvalue weighted by molar-refractivity contribution is 0.248. The van der Waals surface area contributed by atoms with Crippen molar-refractivity contribution in [1.29, 1.82) is 0 Å². The second kappa shape index (κ2) is 6.02. The lowest BCUT2D eigenvalue weighted by Crippen LogP contribution is -2.66. The third kappa shape index (κ3) is 2.11. The van der Waals surface area contributed by atoms with Gasteiger partial charge in [-0.3, -0.25) is 0 Å². The fraction of sp³-hybridized carbons (Fsp3) is 1.00. The van der Waals surface area contributed by atoms with Gasteiger partial charge in [0.15, 0.2) is 0 Å². The summed E-state index contributed by atoms with van der Waals surface area (Å²) in [4.78, 5) is 0. The smallest absolute Gasteiger partial charge is 0.348 e. The van der Waals surface area contributed by atoms with Crippen LogP contribution in [-0.2, 0) is 13.3 Å². The highest BCUT2D eigenvalue weighted by Crippen LogP contribution is 2.31. The highest BCUT2D eigenvalue weighted by molar-refractivity contribution is 7.34. The topological polar surface area (TPSA) is 27.7 Å². The molecule has 0 unspecified atom stereocenters. The molecule has 0 aliphatic heterocycles. The van der Waals surface area contributed by atoms with E-state index in [1.54, 1.807) is 14.2 Å². The molecule has 86 valence electrons. The number of hydrogen-bond donors (Lipinski definition) is 0. The first-order chi connectivity index (χ1) is 6.61. The van der Waals surface area contributed by atoms with E-state index in [0.29, 0.717) is 0 Å². The van der Waals surface area contributed by atoms with Crippen LogP contribution in [0.15, 0.2) is 0 Å². The third-order valence-electron chi connectivity index (χ3n) is 3.35. The standard InChI is InChI=1S/C9H24O3Si2/c1-7-13(8-2,10-4)14(9-3,11-5)12-6/h7-9H2,1-6H3. The van der Waals surface area contributed by atoms with Gasteiger partial charge in [-0.05, 0) is 18.1 Å². The van der Waals surface area contributed by atoms with E-state index in [0.717, 1.165) is 18.1 Å². The lowest BCUT2D eigenvalue weighted by Gasteiger charge is -2.41. The summed E-state index contributed by atoms with van der Waals surface area (Å²) in [5, 5.41) is 0. The van der Waals surface area contributed by atoms with E-state index in [2.05, 4.69) is 20.8 Å². The van der Waals surface area contributed by atoms with Crippen molar-refractivity contribution in [2.24, 2.45) is 0 Å². The van der Waals surface area contributed by atoms with Gasteiger partial charge in [0, 0.05) is 21.3 Å². The highest BCUT2D eigenvalue weighted by atomic mass is 29.3. The third-order valence-corrected chi connectivity index (χ3v) is 19.2. The van der Waals surface area contributed by atoms with Gasteiger partial charge in [-0.15, -0.1) is 0 Å². The van der Waals surface area contributed by atoms with E-state index in [4.69, 9.17) is 13.3 Å². The van der Waals surface area contributed by atoms with Crippen LogP contribution < -0.4 is 0 Å². The van der Waals surface area contributed by atoms with Crippen LogP contribution in [0.2, 0.25) is 18.1 Å². The molecule has 0 rings (SSSR count). The monoisotopic (exact) mass is 236 g/mol. The average Bonchev–Trinajstić information content (AvgIpc) is 2.27. The average molecular weight is 236 g/mol. The van der Waals surface area contributed by atoms with Gasteiger partial charge in [-0.1, -0.05) is 20.8 Å². The Balaban J connectivity index is 5.08. The zero-order valence-corrected chi connectivity index (χ0v) is 12.3. The van der Waals surface area contributed by atoms with Crippen molar-refractivity contribution in [2.75, 3.05) is 21.3 Å². The van der Waals surface area contributed by atoms with E-state index in [1.165, 1.54) is 0 Å².